The first-order chi connectivity index (χ1) is 8.92. The zero-order valence-electron chi connectivity index (χ0n) is 9.60. The van der Waals surface area contributed by atoms with Crippen LogP contribution >= 0.6 is 0 Å². The van der Waals surface area contributed by atoms with Crippen molar-refractivity contribution in [3.8, 4) is 0 Å². The van der Waals surface area contributed by atoms with Gasteiger partial charge < -0.3 is 9.32 Å². The van der Waals surface area contributed by atoms with Crippen molar-refractivity contribution in [2.75, 3.05) is 18.0 Å². The molecule has 18 heavy (non-hydrogen) atoms. The molecule has 0 saturated carbocycles. The van der Waals surface area contributed by atoms with Gasteiger partial charge in [0, 0.05) is 30.9 Å². The molecule has 6 heteroatoms. The van der Waals surface area contributed by atoms with Gasteiger partial charge in [-0.3, -0.25) is 4.68 Å². The van der Waals surface area contributed by atoms with E-state index in [9.17, 15) is 0 Å². The number of aromatic nitrogens is 4. The van der Waals surface area contributed by atoms with Gasteiger partial charge in [0.1, 0.15) is 0 Å². The summed E-state index contributed by atoms with van der Waals surface area (Å²) in [5.41, 5.74) is 0.809. The average molecular weight is 241 g/mol. The molecule has 0 amide bonds. The Bertz CT molecular complexity index is 669. The van der Waals surface area contributed by atoms with Crippen LogP contribution in [0.25, 0.3) is 11.0 Å². The largest absolute Gasteiger partial charge is 0.460 e. The van der Waals surface area contributed by atoms with E-state index < -0.39 is 0 Å². The zero-order chi connectivity index (χ0) is 11.9. The van der Waals surface area contributed by atoms with E-state index in [1.165, 1.54) is 0 Å². The van der Waals surface area contributed by atoms with Crippen molar-refractivity contribution < 1.29 is 4.42 Å². The molecule has 0 aliphatic carbocycles. The summed E-state index contributed by atoms with van der Waals surface area (Å²) in [6, 6.07) is 4.25. The van der Waals surface area contributed by atoms with Crippen LogP contribution in [0, 0.1) is 0 Å². The molecule has 4 heterocycles. The van der Waals surface area contributed by atoms with E-state index in [1.54, 1.807) is 18.7 Å². The Morgan fingerprint density at radius 3 is 3.11 bits per heavy atom. The van der Waals surface area contributed by atoms with Crippen molar-refractivity contribution in [3.05, 3.63) is 37.0 Å². The van der Waals surface area contributed by atoms with Crippen LogP contribution in [0.2, 0.25) is 0 Å². The van der Waals surface area contributed by atoms with E-state index in [2.05, 4.69) is 20.2 Å². The molecule has 1 aliphatic heterocycles. The molecular weight excluding hydrogens is 230 g/mol. The average Bonchev–Trinajstić information content (AvgIpc) is 2.97. The minimum absolute atomic E-state index is 0.409. The summed E-state index contributed by atoms with van der Waals surface area (Å²) in [5.74, 6) is 0.820. The third-order valence-corrected chi connectivity index (χ3v) is 3.31. The van der Waals surface area contributed by atoms with Crippen LogP contribution in [0.5, 0.6) is 0 Å². The molecule has 0 bridgehead atoms. The molecular formula is C12H11N5O. The molecule has 1 aliphatic rings. The van der Waals surface area contributed by atoms with Gasteiger partial charge in [0.05, 0.1) is 18.5 Å². The summed E-state index contributed by atoms with van der Waals surface area (Å²) in [7, 11) is 0. The highest BCUT2D eigenvalue weighted by molar-refractivity contribution is 5.86. The molecule has 4 rings (SSSR count). The number of anilines is 1. The molecule has 1 saturated heterocycles. The molecule has 0 atom stereocenters. The SMILES string of the molecule is c1cnn(C2CN(c3nncc4ccoc34)C2)c1. The van der Waals surface area contributed by atoms with E-state index in [0.29, 0.717) is 6.04 Å². The van der Waals surface area contributed by atoms with Gasteiger partial charge in [-0.05, 0) is 12.1 Å². The van der Waals surface area contributed by atoms with Crippen molar-refractivity contribution in [1.82, 2.24) is 20.0 Å². The van der Waals surface area contributed by atoms with E-state index in [4.69, 9.17) is 4.42 Å². The summed E-state index contributed by atoms with van der Waals surface area (Å²) >= 11 is 0. The first-order valence-corrected chi connectivity index (χ1v) is 5.85. The van der Waals surface area contributed by atoms with Gasteiger partial charge in [-0.25, -0.2) is 0 Å². The Labute approximate surface area is 103 Å². The molecule has 3 aromatic rings. The number of rotatable bonds is 2. The summed E-state index contributed by atoms with van der Waals surface area (Å²) in [4.78, 5) is 2.16. The summed E-state index contributed by atoms with van der Waals surface area (Å²) in [6.07, 6.45) is 7.17. The quantitative estimate of drug-likeness (QED) is 0.680. The lowest BCUT2D eigenvalue weighted by atomic mass is 10.1. The van der Waals surface area contributed by atoms with Crippen LogP contribution in [-0.4, -0.2) is 33.1 Å². The summed E-state index contributed by atoms with van der Waals surface area (Å²) in [5, 5.41) is 13.4. The van der Waals surface area contributed by atoms with Gasteiger partial charge in [0.15, 0.2) is 11.4 Å². The third-order valence-electron chi connectivity index (χ3n) is 3.31. The normalized spacial score (nSPS) is 16.1. The number of nitrogens with zero attached hydrogens (tertiary/aromatic N) is 5. The fourth-order valence-electron chi connectivity index (χ4n) is 2.29. The van der Waals surface area contributed by atoms with Crippen molar-refractivity contribution >= 4 is 16.8 Å². The van der Waals surface area contributed by atoms with Gasteiger partial charge in [-0.2, -0.15) is 10.2 Å². The number of furan rings is 1. The summed E-state index contributed by atoms with van der Waals surface area (Å²) < 4.78 is 7.44. The van der Waals surface area contributed by atoms with Crippen molar-refractivity contribution in [2.24, 2.45) is 0 Å². The maximum Gasteiger partial charge on any atom is 0.195 e. The third kappa shape index (κ3) is 1.32. The highest BCUT2D eigenvalue weighted by Gasteiger charge is 2.31. The van der Waals surface area contributed by atoms with Gasteiger partial charge >= 0.3 is 0 Å². The molecule has 6 nitrogen and oxygen atoms in total. The van der Waals surface area contributed by atoms with E-state index in [0.717, 1.165) is 29.9 Å². The van der Waals surface area contributed by atoms with E-state index >= 15 is 0 Å². The first kappa shape index (κ1) is 9.64. The predicted molar refractivity (Wildman–Crippen MR) is 65.3 cm³/mol. The van der Waals surface area contributed by atoms with Crippen molar-refractivity contribution in [1.29, 1.82) is 0 Å². The Morgan fingerprint density at radius 1 is 1.33 bits per heavy atom. The Morgan fingerprint density at radius 2 is 2.28 bits per heavy atom. The summed E-state index contributed by atoms with van der Waals surface area (Å²) in [6.45, 7) is 1.77. The smallest absolute Gasteiger partial charge is 0.195 e. The topological polar surface area (TPSA) is 60.0 Å². The molecule has 1 fully saturated rings. The van der Waals surface area contributed by atoms with E-state index in [1.807, 2.05) is 23.0 Å². The van der Waals surface area contributed by atoms with Crippen molar-refractivity contribution in [2.45, 2.75) is 6.04 Å². The minimum Gasteiger partial charge on any atom is -0.460 e. The highest BCUT2D eigenvalue weighted by atomic mass is 16.3. The maximum absolute atomic E-state index is 5.47. The molecule has 0 radical (unpaired) electrons. The number of hydrogen-bond acceptors (Lipinski definition) is 5. The van der Waals surface area contributed by atoms with E-state index in [-0.39, 0.29) is 0 Å². The predicted octanol–water partition coefficient (Wildman–Crippen LogP) is 1.48. The first-order valence-electron chi connectivity index (χ1n) is 5.85. The molecule has 3 aromatic heterocycles. The standard InChI is InChI=1S/C12H11N5O/c1-3-14-17(4-1)10-7-16(8-10)12-11-9(2-5-18-11)6-13-15-12/h1-6,10H,7-8H2. The monoisotopic (exact) mass is 241 g/mol. The van der Waals surface area contributed by atoms with Crippen LogP contribution in [0.15, 0.2) is 41.4 Å². The Kier molecular flexibility index (Phi) is 1.91. The van der Waals surface area contributed by atoms with Crippen LogP contribution in [0.4, 0.5) is 5.82 Å². The molecule has 90 valence electrons. The molecule has 0 aromatic carbocycles. The fraction of sp³-hybridized carbons (Fsp3) is 0.250. The molecule has 0 N–H and O–H groups in total. The Balaban J connectivity index is 1.61. The second-order valence-electron chi connectivity index (χ2n) is 4.42. The Hall–Kier alpha value is -2.37. The second-order valence-corrected chi connectivity index (χ2v) is 4.42. The number of fused-ring (bicyclic) bond motifs is 1. The lowest BCUT2D eigenvalue weighted by Crippen LogP contribution is -2.48. The van der Waals surface area contributed by atoms with Gasteiger partial charge in [0.2, 0.25) is 0 Å². The lowest BCUT2D eigenvalue weighted by Gasteiger charge is -2.39. The molecule has 0 spiro atoms. The van der Waals surface area contributed by atoms with Gasteiger partial charge in [-0.1, -0.05) is 0 Å². The highest BCUT2D eigenvalue weighted by Crippen LogP contribution is 2.31. The number of hydrogen-bond donors (Lipinski definition) is 0. The van der Waals surface area contributed by atoms with Crippen LogP contribution < -0.4 is 4.90 Å². The van der Waals surface area contributed by atoms with Crippen LogP contribution in [-0.2, 0) is 0 Å². The fourth-order valence-corrected chi connectivity index (χ4v) is 2.29. The minimum atomic E-state index is 0.409. The zero-order valence-corrected chi connectivity index (χ0v) is 9.60. The van der Waals surface area contributed by atoms with Crippen molar-refractivity contribution in [3.63, 3.8) is 0 Å². The second kappa shape index (κ2) is 3.56. The molecule has 0 unspecified atom stereocenters. The van der Waals surface area contributed by atoms with Crippen LogP contribution in [0.1, 0.15) is 6.04 Å². The maximum atomic E-state index is 5.47. The van der Waals surface area contributed by atoms with Gasteiger partial charge in [0.25, 0.3) is 0 Å². The lowest BCUT2D eigenvalue weighted by molar-refractivity contribution is 0.365. The van der Waals surface area contributed by atoms with Crippen LogP contribution in [0.3, 0.4) is 0 Å². The van der Waals surface area contributed by atoms with Gasteiger partial charge in [-0.15, -0.1) is 5.10 Å².